The quantitative estimate of drug-likeness (QED) is 0.208. The second-order valence-corrected chi connectivity index (χ2v) is 7.32. The molecule has 1 heterocycles. The van der Waals surface area contributed by atoms with Gasteiger partial charge in [-0.05, 0) is 71.9 Å². The lowest BCUT2D eigenvalue weighted by molar-refractivity contribution is 0.347. The Morgan fingerprint density at radius 1 is 1.24 bits per heavy atom. The third-order valence-corrected chi connectivity index (χ3v) is 5.38. The van der Waals surface area contributed by atoms with Gasteiger partial charge in [-0.15, -0.1) is 12.6 Å². The van der Waals surface area contributed by atoms with Crippen molar-refractivity contribution >= 4 is 69.8 Å². The molecule has 0 saturated carbocycles. The van der Waals surface area contributed by atoms with Crippen LogP contribution < -0.4 is 3.53 Å². The predicted molar refractivity (Wildman–Crippen MR) is 120 cm³/mol. The minimum absolute atomic E-state index is 0.0427. The Kier molecular flexibility index (Phi) is 6.99. The van der Waals surface area contributed by atoms with Gasteiger partial charge in [-0.3, -0.25) is 0 Å². The third kappa shape index (κ3) is 4.60. The Labute approximate surface area is 180 Å². The monoisotopic (exact) mass is 573 g/mol. The molecule has 2 rings (SSSR count). The lowest BCUT2D eigenvalue weighted by atomic mass is 10.0. The zero-order valence-electron chi connectivity index (χ0n) is 13.4. The van der Waals surface area contributed by atoms with Gasteiger partial charge in [0.15, 0.2) is 5.09 Å². The van der Waals surface area contributed by atoms with Crippen molar-refractivity contribution in [1.29, 1.82) is 10.5 Å². The molecule has 0 bridgehead atoms. The van der Waals surface area contributed by atoms with Crippen molar-refractivity contribution in [2.75, 3.05) is 3.53 Å². The number of nitrogens with zero attached hydrogens (tertiary/aromatic N) is 2. The first-order valence-corrected chi connectivity index (χ1v) is 9.70. The molecule has 0 radical (unpaired) electrons. The van der Waals surface area contributed by atoms with E-state index in [0.29, 0.717) is 22.0 Å². The minimum atomic E-state index is 0.0427. The Morgan fingerprint density at radius 3 is 2.48 bits per heavy atom. The summed E-state index contributed by atoms with van der Waals surface area (Å²) in [5, 5.41) is 18.6. The molecule has 0 saturated heterocycles. The summed E-state index contributed by atoms with van der Waals surface area (Å²) >= 11 is 8.71. The maximum atomic E-state index is 9.11. The average molecular weight is 573 g/mol. The number of hydrogen-bond acceptors (Lipinski definition) is 5. The minimum Gasteiger partial charge on any atom is -0.450 e. The Hall–Kier alpha value is -1.43. The number of aryl methyl sites for hydroxylation is 1. The molecule has 1 aliphatic rings. The van der Waals surface area contributed by atoms with Crippen LogP contribution in [0.5, 0.6) is 0 Å². The van der Waals surface area contributed by atoms with E-state index in [4.69, 9.17) is 15.3 Å². The summed E-state index contributed by atoms with van der Waals surface area (Å²) in [6.07, 6.45) is 5.42. The van der Waals surface area contributed by atoms with E-state index in [1.165, 1.54) is 0 Å². The molecule has 0 fully saturated rings. The Morgan fingerprint density at radius 2 is 1.92 bits per heavy atom. The van der Waals surface area contributed by atoms with Crippen molar-refractivity contribution in [3.63, 3.8) is 0 Å². The van der Waals surface area contributed by atoms with Crippen LogP contribution in [0.25, 0.3) is 6.08 Å². The highest BCUT2D eigenvalue weighted by atomic mass is 127. The van der Waals surface area contributed by atoms with Crippen LogP contribution in [-0.4, -0.2) is 0 Å². The normalized spacial score (nSPS) is 13.9. The van der Waals surface area contributed by atoms with Crippen LogP contribution in [0.3, 0.4) is 0 Å². The number of nitriles is 2. The first-order valence-electron chi connectivity index (χ1n) is 7.10. The molecule has 126 valence electrons. The fourth-order valence-corrected chi connectivity index (χ4v) is 4.61. The SMILES string of the molecule is CC1=C(S)OC(/C=C/c2cc(C)c(NI)c(I)c2)=CC1=C(C#N)C#N. The molecule has 25 heavy (non-hydrogen) atoms. The number of hydrogen-bond donors (Lipinski definition) is 2. The number of nitrogens with one attached hydrogen (secondary N) is 1. The molecule has 1 N–H and O–H groups in total. The van der Waals surface area contributed by atoms with Crippen molar-refractivity contribution in [3.8, 4) is 12.1 Å². The zero-order chi connectivity index (χ0) is 18.6. The van der Waals surface area contributed by atoms with E-state index in [9.17, 15) is 0 Å². The number of thiol groups is 1. The maximum absolute atomic E-state index is 9.11. The van der Waals surface area contributed by atoms with Gasteiger partial charge in [0.1, 0.15) is 23.5 Å². The van der Waals surface area contributed by atoms with E-state index in [-0.39, 0.29) is 5.57 Å². The van der Waals surface area contributed by atoms with Crippen LogP contribution in [0.4, 0.5) is 5.69 Å². The molecule has 1 aromatic rings. The summed E-state index contributed by atoms with van der Waals surface area (Å²) in [5.74, 6) is 0.525. The first kappa shape index (κ1) is 19.9. The van der Waals surface area contributed by atoms with Gasteiger partial charge in [-0.2, -0.15) is 10.5 Å². The number of rotatable bonds is 3. The van der Waals surface area contributed by atoms with Crippen molar-refractivity contribution in [1.82, 2.24) is 0 Å². The van der Waals surface area contributed by atoms with E-state index in [1.807, 2.05) is 25.1 Å². The van der Waals surface area contributed by atoms with Gasteiger partial charge in [0.05, 0.1) is 28.6 Å². The van der Waals surface area contributed by atoms with Gasteiger partial charge in [0, 0.05) is 14.7 Å². The summed E-state index contributed by atoms with van der Waals surface area (Å²) in [4.78, 5) is 0. The summed E-state index contributed by atoms with van der Waals surface area (Å²) in [6, 6.07) is 7.95. The molecule has 0 amide bonds. The lowest BCUT2D eigenvalue weighted by Crippen LogP contribution is -2.01. The van der Waals surface area contributed by atoms with Gasteiger partial charge < -0.3 is 8.27 Å². The molecular formula is C18H13I2N3OS. The van der Waals surface area contributed by atoms with E-state index >= 15 is 0 Å². The van der Waals surface area contributed by atoms with E-state index in [2.05, 4.69) is 73.7 Å². The third-order valence-electron chi connectivity index (χ3n) is 3.56. The smallest absolute Gasteiger partial charge is 0.161 e. The highest BCUT2D eigenvalue weighted by molar-refractivity contribution is 14.1. The fourth-order valence-electron chi connectivity index (χ4n) is 2.24. The summed E-state index contributed by atoms with van der Waals surface area (Å²) in [5.41, 5.74) is 4.52. The molecular weight excluding hydrogens is 560 g/mol. The van der Waals surface area contributed by atoms with E-state index in [0.717, 1.165) is 20.4 Å². The summed E-state index contributed by atoms with van der Waals surface area (Å²) in [7, 11) is 0. The number of ether oxygens (including phenoxy) is 1. The van der Waals surface area contributed by atoms with E-state index < -0.39 is 0 Å². The largest absolute Gasteiger partial charge is 0.450 e. The molecule has 4 nitrogen and oxygen atoms in total. The van der Waals surface area contributed by atoms with Crippen LogP contribution in [-0.2, 0) is 4.74 Å². The van der Waals surface area contributed by atoms with Crippen LogP contribution >= 0.6 is 58.1 Å². The van der Waals surface area contributed by atoms with Gasteiger partial charge >= 0.3 is 0 Å². The summed E-state index contributed by atoms with van der Waals surface area (Å²) in [6.45, 7) is 3.81. The number of anilines is 1. The standard InChI is InChI=1S/C18H13I2N3OS/c1-10-5-12(6-16(19)17(10)23-20)3-4-14-7-15(13(8-21)9-22)11(2)18(25)24-14/h3-7,23,25H,1-2H3/b4-3+. The maximum Gasteiger partial charge on any atom is 0.161 e. The number of benzene rings is 1. The Balaban J connectivity index is 2.40. The highest BCUT2D eigenvalue weighted by Crippen LogP contribution is 2.31. The second kappa shape index (κ2) is 8.79. The van der Waals surface area contributed by atoms with Gasteiger partial charge in [0.2, 0.25) is 0 Å². The molecule has 0 aliphatic carbocycles. The topological polar surface area (TPSA) is 68.8 Å². The van der Waals surface area contributed by atoms with Crippen molar-refractivity contribution in [2.45, 2.75) is 13.8 Å². The fraction of sp³-hybridized carbons (Fsp3) is 0.111. The predicted octanol–water partition coefficient (Wildman–Crippen LogP) is 5.79. The van der Waals surface area contributed by atoms with Gasteiger partial charge in [-0.25, -0.2) is 0 Å². The van der Waals surface area contributed by atoms with Gasteiger partial charge in [0.25, 0.3) is 0 Å². The van der Waals surface area contributed by atoms with Crippen molar-refractivity contribution in [3.05, 3.63) is 66.6 Å². The second-order valence-electron chi connectivity index (χ2n) is 5.21. The molecule has 1 aliphatic heterocycles. The average Bonchev–Trinajstić information content (AvgIpc) is 2.57. The molecule has 1 aromatic carbocycles. The zero-order valence-corrected chi connectivity index (χ0v) is 18.6. The van der Waals surface area contributed by atoms with Crippen LogP contribution in [0.15, 0.2) is 51.9 Å². The van der Waals surface area contributed by atoms with Crippen LogP contribution in [0.2, 0.25) is 0 Å². The first-order chi connectivity index (χ1) is 11.9. The summed E-state index contributed by atoms with van der Waals surface area (Å²) < 4.78 is 9.92. The molecule has 0 atom stereocenters. The van der Waals surface area contributed by atoms with Crippen molar-refractivity contribution < 1.29 is 4.74 Å². The number of halogens is 2. The van der Waals surface area contributed by atoms with Crippen LogP contribution in [0, 0.1) is 33.2 Å². The van der Waals surface area contributed by atoms with E-state index in [1.54, 1.807) is 19.1 Å². The molecule has 0 unspecified atom stereocenters. The molecule has 0 aromatic heterocycles. The lowest BCUT2D eigenvalue weighted by Gasteiger charge is -2.17. The Bertz CT molecular complexity index is 892. The molecule has 7 heteroatoms. The number of allylic oxidation sites excluding steroid dienone is 5. The van der Waals surface area contributed by atoms with Crippen molar-refractivity contribution in [2.24, 2.45) is 0 Å². The molecule has 0 spiro atoms. The van der Waals surface area contributed by atoms with Crippen LogP contribution in [0.1, 0.15) is 18.1 Å². The highest BCUT2D eigenvalue weighted by Gasteiger charge is 2.17. The van der Waals surface area contributed by atoms with Gasteiger partial charge in [-0.1, -0.05) is 6.08 Å².